The van der Waals surface area contributed by atoms with Gasteiger partial charge in [0, 0.05) is 6.04 Å². The molecule has 0 aliphatic heterocycles. The highest BCUT2D eigenvalue weighted by atomic mass is 15.1. The maximum absolute atomic E-state index is 2.58. The third-order valence-corrected chi connectivity index (χ3v) is 6.17. The normalized spacial score (nSPS) is 21.0. The Labute approximate surface area is 157 Å². The minimum Gasteiger partial charge on any atom is -0.303 e. The van der Waals surface area contributed by atoms with Crippen LogP contribution >= 0.6 is 0 Å². The zero-order chi connectivity index (χ0) is 17.9. The van der Waals surface area contributed by atoms with Gasteiger partial charge in [-0.3, -0.25) is 0 Å². The molecule has 1 aliphatic rings. The third kappa shape index (κ3) is 7.13. The lowest BCUT2D eigenvalue weighted by Crippen LogP contribution is -2.35. The Bertz CT molecular complexity index is 442. The summed E-state index contributed by atoms with van der Waals surface area (Å²) in [5.74, 6) is 0.800. The molecule has 25 heavy (non-hydrogen) atoms. The van der Waals surface area contributed by atoms with Gasteiger partial charge in [0.1, 0.15) is 0 Å². The van der Waals surface area contributed by atoms with Crippen LogP contribution in [0.2, 0.25) is 0 Å². The van der Waals surface area contributed by atoms with Crippen molar-refractivity contribution in [1.82, 2.24) is 4.90 Å². The molecule has 1 aliphatic carbocycles. The highest BCUT2D eigenvalue weighted by Gasteiger charge is 2.24. The van der Waals surface area contributed by atoms with Gasteiger partial charge in [0.05, 0.1) is 0 Å². The lowest BCUT2D eigenvalue weighted by Gasteiger charge is -2.34. The van der Waals surface area contributed by atoms with Crippen molar-refractivity contribution < 1.29 is 0 Å². The molecule has 0 N–H and O–H groups in total. The van der Waals surface area contributed by atoms with Crippen LogP contribution in [0.5, 0.6) is 0 Å². The van der Waals surface area contributed by atoms with Gasteiger partial charge in [-0.1, -0.05) is 70.2 Å². The molecule has 0 bridgehead atoms. The maximum atomic E-state index is 2.58. The molecular formula is C24H41N. The van der Waals surface area contributed by atoms with E-state index in [1.165, 1.54) is 89.2 Å². The number of rotatable bonds is 11. The topological polar surface area (TPSA) is 3.24 Å². The molecular weight excluding hydrogens is 302 g/mol. The Kier molecular flexibility index (Phi) is 9.61. The van der Waals surface area contributed by atoms with Gasteiger partial charge in [-0.05, 0) is 75.6 Å². The number of nitrogens with zero attached hydrogens (tertiary/aromatic N) is 1. The number of hydrogen-bond acceptors (Lipinski definition) is 1. The van der Waals surface area contributed by atoms with Gasteiger partial charge in [-0.25, -0.2) is 0 Å². The molecule has 0 spiro atoms. The van der Waals surface area contributed by atoms with Gasteiger partial charge >= 0.3 is 0 Å². The predicted octanol–water partition coefficient (Wildman–Crippen LogP) is 6.96. The van der Waals surface area contributed by atoms with Crippen LogP contribution in [0.25, 0.3) is 0 Å². The first-order chi connectivity index (χ1) is 12.2. The van der Waals surface area contributed by atoms with Crippen LogP contribution in [0.15, 0.2) is 24.3 Å². The minimum atomic E-state index is 0.800. The molecule has 0 atom stereocenters. The van der Waals surface area contributed by atoms with Crippen LogP contribution in [0.3, 0.4) is 0 Å². The standard InChI is InChI=1S/C24H41N/c1-4-6-7-8-9-10-11-21-12-14-22(15-13-21)23-16-18-24(19-17-23)25(3)20-5-2/h12-15,23-24H,4-11,16-20H2,1-3H3. The molecule has 0 radical (unpaired) electrons. The molecule has 2 rings (SSSR count). The zero-order valence-electron chi connectivity index (χ0n) is 17.1. The van der Waals surface area contributed by atoms with Gasteiger partial charge in [0.2, 0.25) is 0 Å². The second-order valence-electron chi connectivity index (χ2n) is 8.25. The highest BCUT2D eigenvalue weighted by Crippen LogP contribution is 2.34. The van der Waals surface area contributed by atoms with Crippen molar-refractivity contribution in [3.8, 4) is 0 Å². The Morgan fingerprint density at radius 2 is 1.44 bits per heavy atom. The van der Waals surface area contributed by atoms with Gasteiger partial charge in [0.25, 0.3) is 0 Å². The zero-order valence-corrected chi connectivity index (χ0v) is 17.1. The average Bonchev–Trinajstić information content (AvgIpc) is 2.65. The summed E-state index contributed by atoms with van der Waals surface area (Å²) >= 11 is 0. The number of benzene rings is 1. The van der Waals surface area contributed by atoms with Crippen molar-refractivity contribution in [1.29, 1.82) is 0 Å². The van der Waals surface area contributed by atoms with Crippen molar-refractivity contribution in [2.45, 2.75) is 103 Å². The summed E-state index contributed by atoms with van der Waals surface area (Å²) in [7, 11) is 2.31. The molecule has 0 heterocycles. The van der Waals surface area contributed by atoms with E-state index in [1.807, 2.05) is 0 Å². The third-order valence-electron chi connectivity index (χ3n) is 6.17. The van der Waals surface area contributed by atoms with Gasteiger partial charge < -0.3 is 4.90 Å². The summed E-state index contributed by atoms with van der Waals surface area (Å²) in [6.07, 6.45) is 16.4. The molecule has 1 aromatic rings. The van der Waals surface area contributed by atoms with Crippen LogP contribution in [0.1, 0.15) is 102 Å². The average molecular weight is 344 g/mol. The lowest BCUT2D eigenvalue weighted by atomic mass is 9.81. The van der Waals surface area contributed by atoms with Crippen molar-refractivity contribution in [3.05, 3.63) is 35.4 Å². The molecule has 1 fully saturated rings. The van der Waals surface area contributed by atoms with E-state index in [2.05, 4.69) is 50.1 Å². The molecule has 1 aromatic carbocycles. The van der Waals surface area contributed by atoms with Gasteiger partial charge in [-0.15, -0.1) is 0 Å². The number of unbranched alkanes of at least 4 members (excludes halogenated alkanes) is 5. The lowest BCUT2D eigenvalue weighted by molar-refractivity contribution is 0.183. The Morgan fingerprint density at radius 1 is 0.800 bits per heavy atom. The van der Waals surface area contributed by atoms with E-state index in [9.17, 15) is 0 Å². The first-order valence-corrected chi connectivity index (χ1v) is 11.0. The summed E-state index contributed by atoms with van der Waals surface area (Å²) in [6.45, 7) is 5.83. The van der Waals surface area contributed by atoms with Gasteiger partial charge in [0.15, 0.2) is 0 Å². The van der Waals surface area contributed by atoms with Crippen molar-refractivity contribution >= 4 is 0 Å². The highest BCUT2D eigenvalue weighted by molar-refractivity contribution is 5.26. The fraction of sp³-hybridized carbons (Fsp3) is 0.750. The molecule has 1 nitrogen and oxygen atoms in total. The van der Waals surface area contributed by atoms with Crippen LogP contribution in [0.4, 0.5) is 0 Å². The van der Waals surface area contributed by atoms with Crippen molar-refractivity contribution in [2.75, 3.05) is 13.6 Å². The Hall–Kier alpha value is -0.820. The van der Waals surface area contributed by atoms with E-state index in [0.717, 1.165) is 12.0 Å². The predicted molar refractivity (Wildman–Crippen MR) is 111 cm³/mol. The van der Waals surface area contributed by atoms with Crippen molar-refractivity contribution in [3.63, 3.8) is 0 Å². The quantitative estimate of drug-likeness (QED) is 0.393. The number of hydrogen-bond donors (Lipinski definition) is 0. The van der Waals surface area contributed by atoms with E-state index in [1.54, 1.807) is 5.56 Å². The van der Waals surface area contributed by atoms with E-state index in [4.69, 9.17) is 0 Å². The second-order valence-corrected chi connectivity index (χ2v) is 8.25. The summed E-state index contributed by atoms with van der Waals surface area (Å²) in [6, 6.07) is 10.5. The fourth-order valence-electron chi connectivity index (χ4n) is 4.45. The Balaban J connectivity index is 1.70. The first-order valence-electron chi connectivity index (χ1n) is 11.0. The van der Waals surface area contributed by atoms with Crippen molar-refractivity contribution in [2.24, 2.45) is 0 Å². The summed E-state index contributed by atoms with van der Waals surface area (Å²) < 4.78 is 0. The van der Waals surface area contributed by atoms with Crippen LogP contribution in [-0.4, -0.2) is 24.5 Å². The SMILES string of the molecule is CCCCCCCCc1ccc(C2CCC(N(C)CCC)CC2)cc1. The largest absolute Gasteiger partial charge is 0.303 e. The second kappa shape index (κ2) is 11.7. The molecule has 1 saturated carbocycles. The molecule has 0 unspecified atom stereocenters. The van der Waals surface area contributed by atoms with Gasteiger partial charge in [-0.2, -0.15) is 0 Å². The molecule has 0 amide bonds. The van der Waals surface area contributed by atoms with Crippen LogP contribution in [0, 0.1) is 0 Å². The van der Waals surface area contributed by atoms with E-state index in [-0.39, 0.29) is 0 Å². The molecule has 0 saturated heterocycles. The Morgan fingerprint density at radius 3 is 2.08 bits per heavy atom. The summed E-state index contributed by atoms with van der Waals surface area (Å²) in [4.78, 5) is 2.58. The monoisotopic (exact) mass is 343 g/mol. The molecule has 142 valence electrons. The van der Waals surface area contributed by atoms with Crippen LogP contribution in [-0.2, 0) is 6.42 Å². The minimum absolute atomic E-state index is 0.800. The van der Waals surface area contributed by atoms with E-state index in [0.29, 0.717) is 0 Å². The maximum Gasteiger partial charge on any atom is 0.00926 e. The van der Waals surface area contributed by atoms with E-state index < -0.39 is 0 Å². The van der Waals surface area contributed by atoms with E-state index >= 15 is 0 Å². The van der Waals surface area contributed by atoms with Crippen LogP contribution < -0.4 is 0 Å². The summed E-state index contributed by atoms with van der Waals surface area (Å²) in [5, 5.41) is 0. The first kappa shape index (κ1) is 20.5. The number of aryl methyl sites for hydroxylation is 1. The fourth-order valence-corrected chi connectivity index (χ4v) is 4.45. The smallest absolute Gasteiger partial charge is 0.00926 e. The molecule has 0 aromatic heterocycles. The summed E-state index contributed by atoms with van der Waals surface area (Å²) in [5.41, 5.74) is 3.12. The molecule has 1 heteroatoms.